The minimum Gasteiger partial charge on any atom is -0.381 e. The van der Waals surface area contributed by atoms with Gasteiger partial charge < -0.3 is 15.0 Å². The molecule has 4 nitrogen and oxygen atoms in total. The van der Waals surface area contributed by atoms with Crippen molar-refractivity contribution in [2.45, 2.75) is 70.4 Å². The van der Waals surface area contributed by atoms with Gasteiger partial charge in [0, 0.05) is 44.3 Å². The van der Waals surface area contributed by atoms with Gasteiger partial charge in [0.2, 0.25) is 5.91 Å². The standard InChI is InChI=1S/C18H32N2O2/c1-14-2-4-15(5-3-14)18(21)19-16-6-10-20(11-7-16)17-8-12-22-13-9-17/h14-17H,2-13H2,1H3,(H,19,21). The summed E-state index contributed by atoms with van der Waals surface area (Å²) in [5.74, 6) is 1.42. The highest BCUT2D eigenvalue weighted by Gasteiger charge is 2.29. The number of piperidine rings is 1. The van der Waals surface area contributed by atoms with E-state index in [0.717, 1.165) is 57.9 Å². The van der Waals surface area contributed by atoms with Crippen molar-refractivity contribution in [3.63, 3.8) is 0 Å². The van der Waals surface area contributed by atoms with Crippen molar-refractivity contribution in [2.24, 2.45) is 11.8 Å². The first-order valence-electron chi connectivity index (χ1n) is 9.34. The summed E-state index contributed by atoms with van der Waals surface area (Å²) in [5.41, 5.74) is 0. The van der Waals surface area contributed by atoms with Crippen LogP contribution in [0, 0.1) is 11.8 Å². The van der Waals surface area contributed by atoms with E-state index in [0.29, 0.717) is 18.0 Å². The maximum Gasteiger partial charge on any atom is 0.223 e. The average molecular weight is 308 g/mol. The molecule has 3 rings (SSSR count). The zero-order valence-electron chi connectivity index (χ0n) is 14.1. The molecule has 1 saturated carbocycles. The summed E-state index contributed by atoms with van der Waals surface area (Å²) >= 11 is 0. The molecule has 4 heteroatoms. The van der Waals surface area contributed by atoms with Crippen LogP contribution >= 0.6 is 0 Å². The van der Waals surface area contributed by atoms with Crippen molar-refractivity contribution < 1.29 is 9.53 Å². The highest BCUT2D eigenvalue weighted by Crippen LogP contribution is 2.28. The lowest BCUT2D eigenvalue weighted by Gasteiger charge is -2.39. The van der Waals surface area contributed by atoms with Gasteiger partial charge in [-0.2, -0.15) is 0 Å². The van der Waals surface area contributed by atoms with E-state index in [1.54, 1.807) is 0 Å². The Hall–Kier alpha value is -0.610. The molecule has 1 N–H and O–H groups in total. The molecule has 22 heavy (non-hydrogen) atoms. The summed E-state index contributed by atoms with van der Waals surface area (Å²) in [7, 11) is 0. The van der Waals surface area contributed by atoms with Crippen LogP contribution in [0.5, 0.6) is 0 Å². The molecule has 0 bridgehead atoms. The molecule has 0 aromatic carbocycles. The topological polar surface area (TPSA) is 41.6 Å². The lowest BCUT2D eigenvalue weighted by Crippen LogP contribution is -2.50. The number of hydrogen-bond donors (Lipinski definition) is 1. The van der Waals surface area contributed by atoms with Gasteiger partial charge in [-0.05, 0) is 57.3 Å². The van der Waals surface area contributed by atoms with Crippen LogP contribution in [0.1, 0.15) is 58.3 Å². The Kier molecular flexibility index (Phi) is 5.75. The molecule has 2 saturated heterocycles. The third-order valence-electron chi connectivity index (χ3n) is 5.97. The molecule has 3 aliphatic rings. The monoisotopic (exact) mass is 308 g/mol. The Morgan fingerprint density at radius 3 is 2.23 bits per heavy atom. The number of rotatable bonds is 3. The normalized spacial score (nSPS) is 32.8. The Balaban J connectivity index is 1.39. The minimum absolute atomic E-state index is 0.282. The quantitative estimate of drug-likeness (QED) is 0.871. The number of ether oxygens (including phenoxy) is 1. The van der Waals surface area contributed by atoms with Crippen molar-refractivity contribution in [3.05, 3.63) is 0 Å². The summed E-state index contributed by atoms with van der Waals surface area (Å²) in [6.45, 7) is 6.41. The van der Waals surface area contributed by atoms with E-state index >= 15 is 0 Å². The smallest absolute Gasteiger partial charge is 0.223 e. The van der Waals surface area contributed by atoms with Crippen LogP contribution in [-0.4, -0.2) is 49.2 Å². The maximum absolute atomic E-state index is 12.4. The first-order valence-corrected chi connectivity index (χ1v) is 9.34. The van der Waals surface area contributed by atoms with E-state index in [-0.39, 0.29) is 5.92 Å². The second-order valence-electron chi connectivity index (χ2n) is 7.62. The fourth-order valence-corrected chi connectivity index (χ4v) is 4.30. The van der Waals surface area contributed by atoms with E-state index in [2.05, 4.69) is 17.1 Å². The van der Waals surface area contributed by atoms with E-state index in [4.69, 9.17) is 4.74 Å². The van der Waals surface area contributed by atoms with Crippen LogP contribution in [0.25, 0.3) is 0 Å². The van der Waals surface area contributed by atoms with E-state index in [1.807, 2.05) is 0 Å². The fraction of sp³-hybridized carbons (Fsp3) is 0.944. The molecule has 1 aliphatic carbocycles. The highest BCUT2D eigenvalue weighted by atomic mass is 16.5. The predicted molar refractivity (Wildman–Crippen MR) is 87.7 cm³/mol. The van der Waals surface area contributed by atoms with Crippen LogP contribution in [0.3, 0.4) is 0 Å². The Morgan fingerprint density at radius 2 is 1.59 bits per heavy atom. The van der Waals surface area contributed by atoms with Gasteiger partial charge in [-0.1, -0.05) is 6.92 Å². The van der Waals surface area contributed by atoms with Crippen molar-refractivity contribution in [1.82, 2.24) is 10.2 Å². The van der Waals surface area contributed by atoms with Crippen LogP contribution in [0.15, 0.2) is 0 Å². The molecule has 1 amide bonds. The first kappa shape index (κ1) is 16.3. The lowest BCUT2D eigenvalue weighted by molar-refractivity contribution is -0.127. The van der Waals surface area contributed by atoms with Crippen molar-refractivity contribution in [2.75, 3.05) is 26.3 Å². The summed E-state index contributed by atoms with van der Waals surface area (Å²) in [6, 6.07) is 1.12. The SMILES string of the molecule is CC1CCC(C(=O)NC2CCN(C3CCOCC3)CC2)CC1. The van der Waals surface area contributed by atoms with Gasteiger partial charge in [-0.15, -0.1) is 0 Å². The zero-order chi connectivity index (χ0) is 15.4. The molecule has 2 aliphatic heterocycles. The van der Waals surface area contributed by atoms with E-state index in [1.165, 1.54) is 25.7 Å². The van der Waals surface area contributed by atoms with Crippen molar-refractivity contribution in [1.29, 1.82) is 0 Å². The number of hydrogen-bond acceptors (Lipinski definition) is 3. The first-order chi connectivity index (χ1) is 10.7. The van der Waals surface area contributed by atoms with E-state index in [9.17, 15) is 4.79 Å². The second-order valence-corrected chi connectivity index (χ2v) is 7.62. The maximum atomic E-state index is 12.4. The second kappa shape index (κ2) is 7.78. The van der Waals surface area contributed by atoms with Crippen molar-refractivity contribution >= 4 is 5.91 Å². The van der Waals surface area contributed by atoms with Crippen LogP contribution in [0.2, 0.25) is 0 Å². The third-order valence-corrected chi connectivity index (χ3v) is 5.97. The number of amides is 1. The minimum atomic E-state index is 0.282. The van der Waals surface area contributed by atoms with Gasteiger partial charge >= 0.3 is 0 Å². The molecule has 0 unspecified atom stereocenters. The van der Waals surface area contributed by atoms with Crippen molar-refractivity contribution in [3.8, 4) is 0 Å². The Bertz CT molecular complexity index is 352. The van der Waals surface area contributed by atoms with Crippen LogP contribution < -0.4 is 5.32 Å². The summed E-state index contributed by atoms with van der Waals surface area (Å²) in [4.78, 5) is 15.0. The van der Waals surface area contributed by atoms with E-state index < -0.39 is 0 Å². The third kappa shape index (κ3) is 4.23. The Morgan fingerprint density at radius 1 is 0.955 bits per heavy atom. The predicted octanol–water partition coefficient (Wildman–Crippen LogP) is 2.57. The van der Waals surface area contributed by atoms with Gasteiger partial charge in [0.05, 0.1) is 0 Å². The molecule has 3 fully saturated rings. The van der Waals surface area contributed by atoms with Gasteiger partial charge in [-0.3, -0.25) is 4.79 Å². The molecular formula is C18H32N2O2. The summed E-state index contributed by atoms with van der Waals surface area (Å²) in [6.07, 6.45) is 9.22. The Labute approximate surface area is 135 Å². The van der Waals surface area contributed by atoms with Gasteiger partial charge in [-0.25, -0.2) is 0 Å². The lowest BCUT2D eigenvalue weighted by atomic mass is 9.82. The molecule has 0 aromatic heterocycles. The van der Waals surface area contributed by atoms with Crippen LogP contribution in [0.4, 0.5) is 0 Å². The summed E-state index contributed by atoms with van der Waals surface area (Å²) < 4.78 is 5.46. The largest absolute Gasteiger partial charge is 0.381 e. The van der Waals surface area contributed by atoms with Crippen LogP contribution in [-0.2, 0) is 9.53 Å². The number of carbonyl (C=O) groups excluding carboxylic acids is 1. The number of carbonyl (C=O) groups is 1. The van der Waals surface area contributed by atoms with Gasteiger partial charge in [0.1, 0.15) is 0 Å². The number of nitrogens with zero attached hydrogens (tertiary/aromatic N) is 1. The molecule has 126 valence electrons. The molecule has 2 heterocycles. The average Bonchev–Trinajstić information content (AvgIpc) is 2.57. The zero-order valence-corrected chi connectivity index (χ0v) is 14.1. The molecule has 0 spiro atoms. The number of likely N-dealkylation sites (tertiary alicyclic amines) is 1. The van der Waals surface area contributed by atoms with Gasteiger partial charge in [0.15, 0.2) is 0 Å². The fourth-order valence-electron chi connectivity index (χ4n) is 4.30. The number of nitrogens with one attached hydrogen (secondary N) is 1. The molecule has 0 radical (unpaired) electrons. The summed E-state index contributed by atoms with van der Waals surface area (Å²) in [5, 5.41) is 3.34. The molecular weight excluding hydrogens is 276 g/mol. The molecule has 0 aromatic rings. The molecule has 0 atom stereocenters. The van der Waals surface area contributed by atoms with Gasteiger partial charge in [0.25, 0.3) is 0 Å². The highest BCUT2D eigenvalue weighted by molar-refractivity contribution is 5.79.